The zero-order valence-electron chi connectivity index (χ0n) is 17.4. The summed E-state index contributed by atoms with van der Waals surface area (Å²) in [6.45, 7) is 4.89. The number of hydrogen-bond acceptors (Lipinski definition) is 4. The van der Waals surface area contributed by atoms with Crippen molar-refractivity contribution in [3.8, 4) is 11.4 Å². The van der Waals surface area contributed by atoms with Crippen molar-refractivity contribution in [2.45, 2.75) is 33.2 Å². The Hall–Kier alpha value is -3.32. The van der Waals surface area contributed by atoms with Gasteiger partial charge in [0, 0.05) is 29.9 Å². The van der Waals surface area contributed by atoms with Crippen LogP contribution in [0, 0.1) is 13.8 Å². The lowest BCUT2D eigenvalue weighted by molar-refractivity contribution is -0.137. The second-order valence-corrected chi connectivity index (χ2v) is 7.83. The van der Waals surface area contributed by atoms with Gasteiger partial charge in [0.05, 0.1) is 29.9 Å². The maximum absolute atomic E-state index is 10.7. The molecule has 2 heterocycles. The number of nitrogens with zero attached hydrogens (tertiary/aromatic N) is 4. The number of imidazole rings is 1. The van der Waals surface area contributed by atoms with Gasteiger partial charge in [-0.3, -0.25) is 4.79 Å². The maximum atomic E-state index is 10.7. The average Bonchev–Trinajstić information content (AvgIpc) is 3.36. The van der Waals surface area contributed by atoms with Crippen molar-refractivity contribution in [2.75, 3.05) is 6.61 Å². The van der Waals surface area contributed by atoms with Gasteiger partial charge < -0.3 is 14.4 Å². The van der Waals surface area contributed by atoms with Crippen molar-refractivity contribution in [3.05, 3.63) is 70.8 Å². The predicted molar refractivity (Wildman–Crippen MR) is 119 cm³/mol. The van der Waals surface area contributed by atoms with Crippen molar-refractivity contribution in [1.82, 2.24) is 19.3 Å². The van der Waals surface area contributed by atoms with Crippen LogP contribution in [0.1, 0.15) is 29.8 Å². The van der Waals surface area contributed by atoms with Gasteiger partial charge in [-0.1, -0.05) is 17.7 Å². The predicted octanol–water partition coefficient (Wildman–Crippen LogP) is 4.78. The van der Waals surface area contributed by atoms with Crippen molar-refractivity contribution < 1.29 is 14.6 Å². The van der Waals surface area contributed by atoms with E-state index in [0.717, 1.165) is 33.7 Å². The van der Waals surface area contributed by atoms with Gasteiger partial charge in [-0.25, -0.2) is 9.67 Å². The molecule has 0 aliphatic rings. The molecule has 8 heteroatoms. The van der Waals surface area contributed by atoms with Crippen LogP contribution < -0.4 is 4.74 Å². The molecule has 0 amide bonds. The molecule has 0 aliphatic heterocycles. The molecule has 0 bridgehead atoms. The van der Waals surface area contributed by atoms with Gasteiger partial charge in [0.25, 0.3) is 0 Å². The molecule has 160 valence electrons. The molecule has 7 nitrogen and oxygen atoms in total. The van der Waals surface area contributed by atoms with Crippen LogP contribution in [0.25, 0.3) is 16.7 Å². The first-order valence-electron chi connectivity index (χ1n) is 10.0. The number of halogens is 1. The number of carboxylic acids is 1. The van der Waals surface area contributed by atoms with E-state index in [0.29, 0.717) is 30.3 Å². The number of ether oxygens (including phenoxy) is 1. The first-order valence-corrected chi connectivity index (χ1v) is 10.4. The Labute approximate surface area is 184 Å². The first-order chi connectivity index (χ1) is 14.9. The van der Waals surface area contributed by atoms with Crippen molar-refractivity contribution >= 4 is 28.6 Å². The van der Waals surface area contributed by atoms with E-state index in [1.807, 2.05) is 56.4 Å². The highest BCUT2D eigenvalue weighted by atomic mass is 35.5. The number of aliphatic carboxylic acids is 1. The molecular weight excluding hydrogens is 416 g/mol. The second kappa shape index (κ2) is 8.81. The number of aromatic nitrogens is 4. The molecule has 4 rings (SSSR count). The van der Waals surface area contributed by atoms with E-state index in [4.69, 9.17) is 26.4 Å². The molecule has 0 radical (unpaired) electrons. The van der Waals surface area contributed by atoms with Crippen LogP contribution in [0.4, 0.5) is 0 Å². The molecule has 0 atom stereocenters. The Morgan fingerprint density at radius 2 is 2.06 bits per heavy atom. The number of benzene rings is 2. The Bertz CT molecular complexity index is 1230. The third-order valence-electron chi connectivity index (χ3n) is 5.15. The largest absolute Gasteiger partial charge is 0.493 e. The fraction of sp³-hybridized carbons (Fsp3) is 0.261. The van der Waals surface area contributed by atoms with Crippen LogP contribution in [-0.4, -0.2) is 37.0 Å². The Morgan fingerprint density at radius 1 is 1.23 bits per heavy atom. The summed E-state index contributed by atoms with van der Waals surface area (Å²) >= 11 is 6.59. The van der Waals surface area contributed by atoms with E-state index in [9.17, 15) is 4.79 Å². The molecule has 31 heavy (non-hydrogen) atoms. The van der Waals surface area contributed by atoms with Crippen molar-refractivity contribution in [2.24, 2.45) is 0 Å². The number of fused-ring (bicyclic) bond motifs is 1. The Kier molecular flexibility index (Phi) is 5.95. The van der Waals surface area contributed by atoms with E-state index < -0.39 is 5.97 Å². The van der Waals surface area contributed by atoms with Gasteiger partial charge in [0.1, 0.15) is 11.6 Å². The van der Waals surface area contributed by atoms with Gasteiger partial charge in [0.15, 0.2) is 0 Å². The first kappa shape index (κ1) is 20.9. The minimum atomic E-state index is -0.820. The smallest absolute Gasteiger partial charge is 0.303 e. The van der Waals surface area contributed by atoms with E-state index in [-0.39, 0.29) is 6.42 Å². The summed E-state index contributed by atoms with van der Waals surface area (Å²) in [6, 6.07) is 11.7. The van der Waals surface area contributed by atoms with E-state index >= 15 is 0 Å². The molecule has 0 fully saturated rings. The minimum Gasteiger partial charge on any atom is -0.493 e. The lowest BCUT2D eigenvalue weighted by atomic mass is 10.1. The van der Waals surface area contributed by atoms with Crippen LogP contribution in [0.3, 0.4) is 0 Å². The Balaban J connectivity index is 1.61. The average molecular weight is 439 g/mol. The lowest BCUT2D eigenvalue weighted by Crippen LogP contribution is -2.05. The molecule has 2 aromatic heterocycles. The van der Waals surface area contributed by atoms with Crippen LogP contribution in [-0.2, 0) is 11.3 Å². The number of hydrogen-bond donors (Lipinski definition) is 1. The lowest BCUT2D eigenvalue weighted by Gasteiger charge is -2.12. The van der Waals surface area contributed by atoms with Crippen LogP contribution in [0.5, 0.6) is 5.75 Å². The van der Waals surface area contributed by atoms with Gasteiger partial charge in [-0.05, 0) is 55.7 Å². The summed E-state index contributed by atoms with van der Waals surface area (Å²) in [4.78, 5) is 15.4. The number of carbonyl (C=O) groups is 1. The van der Waals surface area contributed by atoms with Crippen LogP contribution in [0.15, 0.2) is 48.8 Å². The van der Waals surface area contributed by atoms with E-state index in [1.165, 1.54) is 0 Å². The normalized spacial score (nSPS) is 11.2. The second-order valence-electron chi connectivity index (χ2n) is 7.43. The van der Waals surface area contributed by atoms with Gasteiger partial charge in [-0.2, -0.15) is 5.10 Å². The Morgan fingerprint density at radius 3 is 2.77 bits per heavy atom. The molecule has 0 aliphatic carbocycles. The SMILES string of the molecule is Cc1cc(OCCCC(=O)O)cc2c1nc(C)n2Cc1ccc(-n2cccn2)cc1Cl. The van der Waals surface area contributed by atoms with Gasteiger partial charge in [-0.15, -0.1) is 0 Å². The molecule has 0 spiro atoms. The van der Waals surface area contributed by atoms with Crippen LogP contribution >= 0.6 is 11.6 Å². The summed E-state index contributed by atoms with van der Waals surface area (Å²) < 4.78 is 9.68. The standard InChI is InChI=1S/C23H23ClN4O3/c1-15-11-19(31-10-3-5-22(29)30)13-21-23(15)26-16(2)27(21)14-17-6-7-18(12-20(17)24)28-9-4-8-25-28/h4,6-9,11-13H,3,5,10,14H2,1-2H3,(H,29,30). The molecule has 2 aromatic carbocycles. The highest BCUT2D eigenvalue weighted by Gasteiger charge is 2.14. The van der Waals surface area contributed by atoms with Gasteiger partial charge in [0.2, 0.25) is 0 Å². The van der Waals surface area contributed by atoms with Crippen molar-refractivity contribution in [3.63, 3.8) is 0 Å². The quantitative estimate of drug-likeness (QED) is 0.400. The van der Waals surface area contributed by atoms with Crippen molar-refractivity contribution in [1.29, 1.82) is 0 Å². The summed E-state index contributed by atoms with van der Waals surface area (Å²) in [5, 5.41) is 13.7. The summed E-state index contributed by atoms with van der Waals surface area (Å²) in [6.07, 6.45) is 4.15. The molecule has 0 unspecified atom stereocenters. The highest BCUT2D eigenvalue weighted by Crippen LogP contribution is 2.28. The monoisotopic (exact) mass is 438 g/mol. The van der Waals surface area contributed by atoms with Gasteiger partial charge >= 0.3 is 5.97 Å². The third kappa shape index (κ3) is 4.56. The molecule has 0 saturated carbocycles. The highest BCUT2D eigenvalue weighted by molar-refractivity contribution is 6.31. The van der Waals surface area contributed by atoms with E-state index in [2.05, 4.69) is 9.67 Å². The number of carboxylic acid groups (broad SMARTS) is 1. The maximum Gasteiger partial charge on any atom is 0.303 e. The third-order valence-corrected chi connectivity index (χ3v) is 5.50. The number of rotatable bonds is 8. The minimum absolute atomic E-state index is 0.0886. The molecular formula is C23H23ClN4O3. The topological polar surface area (TPSA) is 82.2 Å². The fourth-order valence-corrected chi connectivity index (χ4v) is 3.81. The number of aryl methyl sites for hydroxylation is 2. The fourth-order valence-electron chi connectivity index (χ4n) is 3.57. The zero-order valence-corrected chi connectivity index (χ0v) is 18.1. The zero-order chi connectivity index (χ0) is 22.0. The summed E-state index contributed by atoms with van der Waals surface area (Å²) in [5.41, 5.74) is 4.76. The molecule has 0 saturated heterocycles. The summed E-state index contributed by atoms with van der Waals surface area (Å²) in [7, 11) is 0. The van der Waals surface area contributed by atoms with E-state index in [1.54, 1.807) is 10.9 Å². The van der Waals surface area contributed by atoms with Crippen LogP contribution in [0.2, 0.25) is 5.02 Å². The molecule has 1 N–H and O–H groups in total. The summed E-state index contributed by atoms with van der Waals surface area (Å²) in [5.74, 6) is 0.768. The molecule has 4 aromatic rings.